The molecule has 0 spiro atoms. The van der Waals surface area contributed by atoms with Gasteiger partial charge in [0.05, 0.1) is 0 Å². The summed E-state index contributed by atoms with van der Waals surface area (Å²) in [4.78, 5) is 0. The van der Waals surface area contributed by atoms with Gasteiger partial charge in [0.15, 0.2) is 0 Å². The molecule has 1 heteroatoms. The monoisotopic (exact) mass is 277 g/mol. The number of unbranched alkanes of at least 4 members (excludes halogenated alkanes) is 1. The summed E-state index contributed by atoms with van der Waals surface area (Å²) in [5, 5.41) is 5.50. The van der Waals surface area contributed by atoms with Crippen LogP contribution >= 0.6 is 0 Å². The van der Waals surface area contributed by atoms with Crippen LogP contribution in [-0.4, -0.2) is 6.72 Å². The minimum absolute atomic E-state index is 0.932. The maximum absolute atomic E-state index is 5.50. The SMILES string of the molecule is C=N.CC.CCCCC(CC)CCc1ccc(C)cc1. The number of hydrogen-bond donors (Lipinski definition) is 1. The highest BCUT2D eigenvalue weighted by Crippen LogP contribution is 2.19. The van der Waals surface area contributed by atoms with Gasteiger partial charge in [0.2, 0.25) is 0 Å². The molecule has 1 aromatic rings. The Morgan fingerprint density at radius 2 is 1.55 bits per heavy atom. The van der Waals surface area contributed by atoms with E-state index in [0.29, 0.717) is 0 Å². The fraction of sp³-hybridized carbons (Fsp3) is 0.632. The molecule has 1 N–H and O–H groups in total. The Balaban J connectivity index is 0. The van der Waals surface area contributed by atoms with Gasteiger partial charge in [-0.3, -0.25) is 0 Å². The van der Waals surface area contributed by atoms with E-state index in [1.807, 2.05) is 13.8 Å². The van der Waals surface area contributed by atoms with Crippen molar-refractivity contribution >= 4 is 6.72 Å². The van der Waals surface area contributed by atoms with Crippen LogP contribution in [0.25, 0.3) is 0 Å². The smallest absolute Gasteiger partial charge is 0.0187 e. The molecule has 0 saturated carbocycles. The summed E-state index contributed by atoms with van der Waals surface area (Å²) in [7, 11) is 0. The largest absolute Gasteiger partial charge is 0.317 e. The number of nitrogens with one attached hydrogen (secondary N) is 1. The standard InChI is InChI=1S/C16H26.C2H6.CH3N/c1-4-6-7-15(5-2)12-13-16-10-8-14(3)9-11-16;2*1-2/h8-11,15H,4-7,12-13H2,1-3H3;1-2H3;2H,1H2. The Morgan fingerprint density at radius 1 is 1.00 bits per heavy atom. The van der Waals surface area contributed by atoms with Gasteiger partial charge >= 0.3 is 0 Å². The van der Waals surface area contributed by atoms with E-state index < -0.39 is 0 Å². The molecule has 1 atom stereocenters. The van der Waals surface area contributed by atoms with E-state index in [9.17, 15) is 0 Å². The molecule has 0 aliphatic carbocycles. The molecule has 1 rings (SSSR count). The Labute approximate surface area is 127 Å². The van der Waals surface area contributed by atoms with Crippen molar-refractivity contribution in [3.05, 3.63) is 35.4 Å². The van der Waals surface area contributed by atoms with Gasteiger partial charge in [0.25, 0.3) is 0 Å². The van der Waals surface area contributed by atoms with E-state index in [0.717, 1.165) is 5.92 Å². The lowest BCUT2D eigenvalue weighted by Crippen LogP contribution is -2.01. The molecule has 0 aromatic heterocycles. The predicted octanol–water partition coefficient (Wildman–Crippen LogP) is 6.44. The molecule has 1 nitrogen and oxygen atoms in total. The zero-order chi connectivity index (χ0) is 15.8. The van der Waals surface area contributed by atoms with E-state index in [4.69, 9.17) is 5.41 Å². The van der Waals surface area contributed by atoms with Crippen LogP contribution in [-0.2, 0) is 6.42 Å². The van der Waals surface area contributed by atoms with Gasteiger partial charge in [-0.2, -0.15) is 0 Å². The lowest BCUT2D eigenvalue weighted by molar-refractivity contribution is 0.422. The average Bonchev–Trinajstić information content (AvgIpc) is 2.53. The molecule has 0 amide bonds. The molecular formula is C19H35N. The summed E-state index contributed by atoms with van der Waals surface area (Å²) in [6, 6.07) is 9.01. The van der Waals surface area contributed by atoms with Gasteiger partial charge in [-0.15, -0.1) is 0 Å². The molecule has 1 aromatic carbocycles. The van der Waals surface area contributed by atoms with Crippen LogP contribution in [0.15, 0.2) is 24.3 Å². The van der Waals surface area contributed by atoms with Crippen LogP contribution in [0.5, 0.6) is 0 Å². The molecule has 1 unspecified atom stereocenters. The molecule has 0 aliphatic heterocycles. The maximum atomic E-state index is 5.50. The second-order valence-corrected chi connectivity index (χ2v) is 4.94. The number of hydrogen-bond acceptors (Lipinski definition) is 1. The first-order valence-corrected chi connectivity index (χ1v) is 8.17. The predicted molar refractivity (Wildman–Crippen MR) is 94.0 cm³/mol. The first-order valence-electron chi connectivity index (χ1n) is 8.17. The fourth-order valence-electron chi connectivity index (χ4n) is 2.17. The Hall–Kier alpha value is -1.11. The van der Waals surface area contributed by atoms with Crippen molar-refractivity contribution in [3.63, 3.8) is 0 Å². The van der Waals surface area contributed by atoms with Crippen molar-refractivity contribution in [2.75, 3.05) is 0 Å². The lowest BCUT2D eigenvalue weighted by atomic mass is 9.92. The minimum Gasteiger partial charge on any atom is -0.317 e. The zero-order valence-electron chi connectivity index (χ0n) is 14.3. The third-order valence-corrected chi connectivity index (χ3v) is 3.51. The summed E-state index contributed by atoms with van der Waals surface area (Å²) in [6.45, 7) is 13.3. The van der Waals surface area contributed by atoms with Crippen molar-refractivity contribution in [3.8, 4) is 0 Å². The van der Waals surface area contributed by atoms with E-state index in [1.54, 1.807) is 0 Å². The first-order chi connectivity index (χ1) is 9.76. The lowest BCUT2D eigenvalue weighted by Gasteiger charge is -2.14. The highest BCUT2D eigenvalue weighted by molar-refractivity contribution is 5.21. The van der Waals surface area contributed by atoms with Gasteiger partial charge in [0, 0.05) is 0 Å². The van der Waals surface area contributed by atoms with Gasteiger partial charge in [-0.25, -0.2) is 0 Å². The minimum atomic E-state index is 0.932. The second kappa shape index (κ2) is 15.9. The van der Waals surface area contributed by atoms with Crippen LogP contribution < -0.4 is 0 Å². The van der Waals surface area contributed by atoms with Crippen LogP contribution in [0.2, 0.25) is 0 Å². The van der Waals surface area contributed by atoms with E-state index >= 15 is 0 Å². The van der Waals surface area contributed by atoms with Crippen molar-refractivity contribution in [1.29, 1.82) is 5.41 Å². The molecule has 20 heavy (non-hydrogen) atoms. The van der Waals surface area contributed by atoms with Crippen LogP contribution in [0, 0.1) is 18.3 Å². The van der Waals surface area contributed by atoms with Gasteiger partial charge in [-0.05, 0) is 38.0 Å². The maximum Gasteiger partial charge on any atom is -0.0187 e. The molecule has 0 fully saturated rings. The van der Waals surface area contributed by atoms with Crippen molar-refractivity contribution in [2.24, 2.45) is 5.92 Å². The molecule has 0 saturated heterocycles. The number of rotatable bonds is 7. The summed E-state index contributed by atoms with van der Waals surface area (Å²) in [5.41, 5.74) is 2.86. The third-order valence-electron chi connectivity index (χ3n) is 3.51. The van der Waals surface area contributed by atoms with Gasteiger partial charge in [-0.1, -0.05) is 83.2 Å². The fourth-order valence-corrected chi connectivity index (χ4v) is 2.17. The Morgan fingerprint density at radius 3 is 2.00 bits per heavy atom. The van der Waals surface area contributed by atoms with Crippen molar-refractivity contribution < 1.29 is 0 Å². The molecule has 0 radical (unpaired) electrons. The zero-order valence-corrected chi connectivity index (χ0v) is 14.3. The normalized spacial score (nSPS) is 10.7. The van der Waals surface area contributed by atoms with Crippen LogP contribution in [0.4, 0.5) is 0 Å². The summed E-state index contributed by atoms with van der Waals surface area (Å²) in [6.07, 6.45) is 8.10. The van der Waals surface area contributed by atoms with Crippen molar-refractivity contribution in [2.45, 2.75) is 73.1 Å². The second-order valence-electron chi connectivity index (χ2n) is 4.94. The van der Waals surface area contributed by atoms with Gasteiger partial charge in [0.1, 0.15) is 0 Å². The molecule has 0 aliphatic rings. The average molecular weight is 277 g/mol. The third kappa shape index (κ3) is 10.8. The molecule has 0 heterocycles. The van der Waals surface area contributed by atoms with E-state index in [2.05, 4.69) is 51.8 Å². The quantitative estimate of drug-likeness (QED) is 0.555. The molecule has 116 valence electrons. The van der Waals surface area contributed by atoms with E-state index in [-0.39, 0.29) is 0 Å². The summed E-state index contributed by atoms with van der Waals surface area (Å²) in [5.74, 6) is 0.932. The molecule has 0 bridgehead atoms. The number of aryl methyl sites for hydroxylation is 2. The highest BCUT2D eigenvalue weighted by atomic mass is 14.2. The topological polar surface area (TPSA) is 23.9 Å². The highest BCUT2D eigenvalue weighted by Gasteiger charge is 2.05. The van der Waals surface area contributed by atoms with Gasteiger partial charge < -0.3 is 5.41 Å². The summed E-state index contributed by atoms with van der Waals surface area (Å²) < 4.78 is 0. The first kappa shape index (κ1) is 21.2. The van der Waals surface area contributed by atoms with Crippen LogP contribution in [0.3, 0.4) is 0 Å². The Bertz CT molecular complexity index is 289. The Kier molecular flexibility index (Phi) is 16.9. The number of benzene rings is 1. The van der Waals surface area contributed by atoms with Crippen LogP contribution in [0.1, 0.15) is 70.9 Å². The molecular weight excluding hydrogens is 242 g/mol. The van der Waals surface area contributed by atoms with E-state index in [1.165, 1.54) is 49.7 Å². The summed E-state index contributed by atoms with van der Waals surface area (Å²) >= 11 is 0. The van der Waals surface area contributed by atoms with Crippen molar-refractivity contribution in [1.82, 2.24) is 0 Å².